The molecule has 1 aromatic heterocycles. The highest BCUT2D eigenvalue weighted by molar-refractivity contribution is 5.57. The summed E-state index contributed by atoms with van der Waals surface area (Å²) in [4.78, 5) is 0. The van der Waals surface area contributed by atoms with E-state index in [0.29, 0.717) is 17.3 Å². The summed E-state index contributed by atoms with van der Waals surface area (Å²) < 4.78 is 0. The van der Waals surface area contributed by atoms with Crippen LogP contribution in [-0.4, -0.2) is 10.2 Å². The molecule has 1 heterocycles. The molecule has 1 unspecified atom stereocenters. The Morgan fingerprint density at radius 1 is 1.19 bits per heavy atom. The van der Waals surface area contributed by atoms with Gasteiger partial charge in [-0.25, -0.2) is 0 Å². The van der Waals surface area contributed by atoms with Gasteiger partial charge >= 0.3 is 0 Å². The fraction of sp³-hybridized carbons (Fsp3) is 0.353. The Morgan fingerprint density at radius 3 is 2.52 bits per heavy atom. The predicted octanol–water partition coefficient (Wildman–Crippen LogP) is 3.53. The zero-order valence-corrected chi connectivity index (χ0v) is 12.3. The Balaban J connectivity index is 1.95. The number of anilines is 1. The Hall–Kier alpha value is -2.41. The Labute approximate surface area is 124 Å². The van der Waals surface area contributed by atoms with Gasteiger partial charge in [0.25, 0.3) is 0 Å². The second-order valence-electron chi connectivity index (χ2n) is 5.62. The van der Waals surface area contributed by atoms with E-state index >= 15 is 0 Å². The summed E-state index contributed by atoms with van der Waals surface area (Å²) in [6.07, 6.45) is 2.43. The molecule has 2 aromatic rings. The summed E-state index contributed by atoms with van der Waals surface area (Å²) >= 11 is 0. The summed E-state index contributed by atoms with van der Waals surface area (Å²) in [6, 6.07) is 12.8. The molecule has 3 rings (SSSR count). The van der Waals surface area contributed by atoms with Gasteiger partial charge in [0.05, 0.1) is 11.7 Å². The molecule has 0 saturated heterocycles. The Morgan fingerprint density at radius 2 is 1.90 bits per heavy atom. The van der Waals surface area contributed by atoms with Gasteiger partial charge in [-0.05, 0) is 43.7 Å². The maximum atomic E-state index is 9.40. The highest BCUT2D eigenvalue weighted by atomic mass is 15.2. The molecule has 1 N–H and O–H groups in total. The van der Waals surface area contributed by atoms with Crippen molar-refractivity contribution in [1.82, 2.24) is 10.2 Å². The van der Waals surface area contributed by atoms with E-state index in [1.165, 1.54) is 18.4 Å². The van der Waals surface area contributed by atoms with Crippen LogP contribution >= 0.6 is 0 Å². The summed E-state index contributed by atoms with van der Waals surface area (Å²) in [7, 11) is 0. The van der Waals surface area contributed by atoms with Crippen molar-refractivity contribution in [3.05, 3.63) is 52.7 Å². The van der Waals surface area contributed by atoms with E-state index in [9.17, 15) is 5.26 Å². The lowest BCUT2D eigenvalue weighted by atomic mass is 10.0. The molecule has 0 bridgehead atoms. The number of benzene rings is 1. The molecule has 4 nitrogen and oxygen atoms in total. The van der Waals surface area contributed by atoms with Crippen LogP contribution in [0.15, 0.2) is 30.3 Å². The monoisotopic (exact) mass is 278 g/mol. The lowest BCUT2D eigenvalue weighted by Crippen LogP contribution is -2.16. The van der Waals surface area contributed by atoms with Crippen LogP contribution in [-0.2, 0) is 0 Å². The van der Waals surface area contributed by atoms with Crippen molar-refractivity contribution in [2.24, 2.45) is 5.92 Å². The van der Waals surface area contributed by atoms with Crippen molar-refractivity contribution in [2.45, 2.75) is 32.7 Å². The number of hydrogen-bond acceptors (Lipinski definition) is 4. The maximum absolute atomic E-state index is 9.40. The third kappa shape index (κ3) is 2.73. The minimum absolute atomic E-state index is 0.203. The second-order valence-corrected chi connectivity index (χ2v) is 5.62. The molecule has 0 spiro atoms. The van der Waals surface area contributed by atoms with Crippen molar-refractivity contribution in [3.8, 4) is 6.07 Å². The predicted molar refractivity (Wildman–Crippen MR) is 81.8 cm³/mol. The van der Waals surface area contributed by atoms with Crippen molar-refractivity contribution < 1.29 is 0 Å². The van der Waals surface area contributed by atoms with Gasteiger partial charge in [-0.15, -0.1) is 5.10 Å². The van der Waals surface area contributed by atoms with E-state index in [2.05, 4.69) is 33.7 Å². The first-order chi connectivity index (χ1) is 10.2. The molecule has 0 aliphatic heterocycles. The minimum Gasteiger partial charge on any atom is -0.360 e. The highest BCUT2D eigenvalue weighted by Crippen LogP contribution is 2.43. The van der Waals surface area contributed by atoms with E-state index in [0.717, 1.165) is 11.3 Å². The van der Waals surface area contributed by atoms with Gasteiger partial charge < -0.3 is 5.32 Å². The molecule has 21 heavy (non-hydrogen) atoms. The normalized spacial score (nSPS) is 15.3. The topological polar surface area (TPSA) is 61.6 Å². The Kier molecular flexibility index (Phi) is 3.57. The van der Waals surface area contributed by atoms with Gasteiger partial charge in [0.15, 0.2) is 5.82 Å². The van der Waals surface area contributed by atoms with Crippen molar-refractivity contribution in [3.63, 3.8) is 0 Å². The zero-order chi connectivity index (χ0) is 14.8. The maximum Gasteiger partial charge on any atom is 0.167 e. The van der Waals surface area contributed by atoms with Crippen LogP contribution in [0.5, 0.6) is 0 Å². The highest BCUT2D eigenvalue weighted by Gasteiger charge is 2.33. The largest absolute Gasteiger partial charge is 0.360 e. The first kappa shape index (κ1) is 13.6. The number of rotatable bonds is 4. The van der Waals surface area contributed by atoms with Gasteiger partial charge in [-0.1, -0.05) is 30.3 Å². The number of aryl methyl sites for hydroxylation is 1. The number of aromatic nitrogens is 2. The standard InChI is InChI=1S/C17H18N4/c1-11-12(2)20-21-17(15(11)10-18)19-16(14-8-9-14)13-6-4-3-5-7-13/h3-7,14,16H,8-9H2,1-2H3,(H,19,21). The lowest BCUT2D eigenvalue weighted by Gasteiger charge is -2.20. The number of nitriles is 1. The molecular weight excluding hydrogens is 260 g/mol. The van der Waals surface area contributed by atoms with Gasteiger partial charge in [0, 0.05) is 0 Å². The third-order valence-corrected chi connectivity index (χ3v) is 4.11. The number of nitrogens with zero attached hydrogens (tertiary/aromatic N) is 3. The van der Waals surface area contributed by atoms with Crippen LogP contribution < -0.4 is 5.32 Å². The van der Waals surface area contributed by atoms with E-state index in [1.807, 2.05) is 32.0 Å². The molecule has 1 aliphatic rings. The number of hydrogen-bond donors (Lipinski definition) is 1. The van der Waals surface area contributed by atoms with Crippen molar-refractivity contribution >= 4 is 5.82 Å². The van der Waals surface area contributed by atoms with E-state index in [1.54, 1.807) is 0 Å². The number of nitrogens with one attached hydrogen (secondary N) is 1. The second kappa shape index (κ2) is 5.53. The van der Waals surface area contributed by atoms with Gasteiger partial charge in [0.1, 0.15) is 11.6 Å². The van der Waals surface area contributed by atoms with Crippen LogP contribution in [0.2, 0.25) is 0 Å². The van der Waals surface area contributed by atoms with Crippen molar-refractivity contribution in [1.29, 1.82) is 5.26 Å². The Bertz CT molecular complexity index is 684. The average Bonchev–Trinajstić information content (AvgIpc) is 3.34. The molecule has 1 aliphatic carbocycles. The van der Waals surface area contributed by atoms with Crippen LogP contribution in [0.3, 0.4) is 0 Å². The molecule has 1 atom stereocenters. The molecule has 4 heteroatoms. The summed E-state index contributed by atoms with van der Waals surface area (Å²) in [6.45, 7) is 3.80. The molecule has 1 aromatic carbocycles. The fourth-order valence-electron chi connectivity index (χ4n) is 2.56. The molecule has 0 amide bonds. The smallest absolute Gasteiger partial charge is 0.167 e. The summed E-state index contributed by atoms with van der Waals surface area (Å²) in [5.41, 5.74) is 3.55. The summed E-state index contributed by atoms with van der Waals surface area (Å²) in [5.74, 6) is 1.21. The van der Waals surface area contributed by atoms with Crippen LogP contribution in [0.1, 0.15) is 41.3 Å². The first-order valence-corrected chi connectivity index (χ1v) is 7.26. The molecule has 1 fully saturated rings. The molecular formula is C17H18N4. The molecule has 106 valence electrons. The van der Waals surface area contributed by atoms with E-state index < -0.39 is 0 Å². The minimum atomic E-state index is 0.203. The van der Waals surface area contributed by atoms with Gasteiger partial charge in [-0.2, -0.15) is 10.4 Å². The van der Waals surface area contributed by atoms with E-state index in [4.69, 9.17) is 0 Å². The summed E-state index contributed by atoms with van der Waals surface area (Å²) in [5, 5.41) is 21.2. The SMILES string of the molecule is Cc1nnc(NC(c2ccccc2)C2CC2)c(C#N)c1C. The zero-order valence-electron chi connectivity index (χ0n) is 12.3. The first-order valence-electron chi connectivity index (χ1n) is 7.26. The van der Waals surface area contributed by atoms with Crippen LogP contribution in [0.4, 0.5) is 5.82 Å². The van der Waals surface area contributed by atoms with Crippen molar-refractivity contribution in [2.75, 3.05) is 5.32 Å². The van der Waals surface area contributed by atoms with Gasteiger partial charge in [0.2, 0.25) is 0 Å². The molecule has 1 saturated carbocycles. The molecule has 0 radical (unpaired) electrons. The quantitative estimate of drug-likeness (QED) is 0.929. The van der Waals surface area contributed by atoms with E-state index in [-0.39, 0.29) is 6.04 Å². The average molecular weight is 278 g/mol. The van der Waals surface area contributed by atoms with Crippen LogP contribution in [0, 0.1) is 31.1 Å². The van der Waals surface area contributed by atoms with Crippen LogP contribution in [0.25, 0.3) is 0 Å². The third-order valence-electron chi connectivity index (χ3n) is 4.11. The van der Waals surface area contributed by atoms with Gasteiger partial charge in [-0.3, -0.25) is 0 Å². The lowest BCUT2D eigenvalue weighted by molar-refractivity contribution is 0.672. The fourth-order valence-corrected chi connectivity index (χ4v) is 2.56.